The summed E-state index contributed by atoms with van der Waals surface area (Å²) in [4.78, 5) is 73.0. The molecule has 59 heavy (non-hydrogen) atoms. The van der Waals surface area contributed by atoms with Crippen LogP contribution in [0.15, 0.2) is 54.6 Å². The van der Waals surface area contributed by atoms with Crippen molar-refractivity contribution < 1.29 is 34.2 Å². The minimum atomic E-state index is -1.23. The highest BCUT2D eigenvalue weighted by Crippen LogP contribution is 2.28. The monoisotopic (exact) mass is 822 g/mol. The Labute approximate surface area is 351 Å². The van der Waals surface area contributed by atoms with E-state index in [0.29, 0.717) is 43.5 Å². The summed E-state index contributed by atoms with van der Waals surface area (Å²) in [6.45, 7) is 13.6. The number of carbonyl (C=O) groups excluding carboxylic acids is 5. The number of nitrogens with zero attached hydrogens (tertiary/aromatic N) is 3. The first-order chi connectivity index (χ1) is 27.8. The summed E-state index contributed by atoms with van der Waals surface area (Å²) in [5.41, 5.74) is 7.70. The Bertz CT molecular complexity index is 1660. The van der Waals surface area contributed by atoms with Crippen molar-refractivity contribution in [3.05, 3.63) is 65.7 Å². The van der Waals surface area contributed by atoms with Gasteiger partial charge in [-0.15, -0.1) is 0 Å². The molecule has 2 aromatic carbocycles. The number of hydrogen-bond acceptors (Lipinski definition) is 9. The van der Waals surface area contributed by atoms with Crippen molar-refractivity contribution in [1.29, 1.82) is 0 Å². The summed E-state index contributed by atoms with van der Waals surface area (Å²) in [6.07, 6.45) is -0.605. The molecule has 1 fully saturated rings. The Hall–Kier alpha value is -4.53. The summed E-state index contributed by atoms with van der Waals surface area (Å²) in [5, 5.41) is 32.2. The Balaban J connectivity index is 1.72. The van der Waals surface area contributed by atoms with Crippen LogP contribution in [-0.4, -0.2) is 131 Å². The van der Waals surface area contributed by atoms with Crippen LogP contribution in [0.25, 0.3) is 0 Å². The number of aliphatic hydroxyl groups excluding tert-OH is 2. The van der Waals surface area contributed by atoms with E-state index in [1.54, 1.807) is 43.1 Å². The number of likely N-dealkylation sites (tertiary alicyclic amines) is 1. The molecule has 0 saturated carbocycles. The molecule has 5 amide bonds. The van der Waals surface area contributed by atoms with E-state index in [-0.39, 0.29) is 54.3 Å². The van der Waals surface area contributed by atoms with Crippen molar-refractivity contribution in [2.24, 2.45) is 23.7 Å². The van der Waals surface area contributed by atoms with Gasteiger partial charge in [-0.1, -0.05) is 85.2 Å². The van der Waals surface area contributed by atoms with E-state index < -0.39 is 54.2 Å². The second kappa shape index (κ2) is 22.7. The molecule has 0 aromatic heterocycles. The number of nitrogen functional groups attached to an aromatic ring is 1. The van der Waals surface area contributed by atoms with Crippen molar-refractivity contribution in [2.75, 3.05) is 40.0 Å². The van der Waals surface area contributed by atoms with Gasteiger partial charge in [0.25, 0.3) is 5.91 Å². The van der Waals surface area contributed by atoms with Gasteiger partial charge in [0, 0.05) is 31.4 Å². The molecule has 1 aliphatic rings. The van der Waals surface area contributed by atoms with Gasteiger partial charge in [0.15, 0.2) is 0 Å². The first-order valence-corrected chi connectivity index (χ1v) is 21.2. The highest BCUT2D eigenvalue weighted by atomic mass is 16.3. The van der Waals surface area contributed by atoms with Crippen LogP contribution in [0, 0.1) is 23.7 Å². The Morgan fingerprint density at radius 1 is 0.864 bits per heavy atom. The van der Waals surface area contributed by atoms with Crippen LogP contribution in [0.4, 0.5) is 5.69 Å². The van der Waals surface area contributed by atoms with E-state index in [4.69, 9.17) is 5.73 Å². The van der Waals surface area contributed by atoms with Crippen LogP contribution in [0.1, 0.15) is 90.1 Å². The third-order valence-corrected chi connectivity index (χ3v) is 11.8. The molecule has 1 saturated heterocycles. The average Bonchev–Trinajstić information content (AvgIpc) is 3.68. The van der Waals surface area contributed by atoms with Gasteiger partial charge in [-0.05, 0) is 80.9 Å². The van der Waals surface area contributed by atoms with Crippen molar-refractivity contribution in [3.8, 4) is 0 Å². The first-order valence-electron chi connectivity index (χ1n) is 21.2. The molecule has 1 heterocycles. The Kier molecular flexibility index (Phi) is 18.8. The predicted molar refractivity (Wildman–Crippen MR) is 231 cm³/mol. The molecule has 14 nitrogen and oxygen atoms in total. The predicted octanol–water partition coefficient (Wildman–Crippen LogP) is 3.07. The molecule has 0 bridgehead atoms. The number of aliphatic hydroxyl groups is 2. The fourth-order valence-corrected chi connectivity index (χ4v) is 8.23. The lowest BCUT2D eigenvalue weighted by molar-refractivity contribution is -0.146. The van der Waals surface area contributed by atoms with Gasteiger partial charge in [-0.3, -0.25) is 28.9 Å². The highest BCUT2D eigenvalue weighted by molar-refractivity contribution is 5.94. The molecule has 14 heteroatoms. The largest absolute Gasteiger partial charge is 0.399 e. The molecular weight excluding hydrogens is 751 g/mol. The summed E-state index contributed by atoms with van der Waals surface area (Å²) < 4.78 is 0. The van der Waals surface area contributed by atoms with Gasteiger partial charge in [0.05, 0.1) is 48.7 Å². The van der Waals surface area contributed by atoms with Crippen molar-refractivity contribution in [1.82, 2.24) is 30.7 Å². The van der Waals surface area contributed by atoms with E-state index in [9.17, 15) is 34.2 Å². The quantitative estimate of drug-likeness (QED) is 0.103. The summed E-state index contributed by atoms with van der Waals surface area (Å²) >= 11 is 0. The average molecular weight is 822 g/mol. The molecular formula is C45H71N7O7. The van der Waals surface area contributed by atoms with Crippen molar-refractivity contribution in [3.63, 3.8) is 0 Å². The second-order valence-corrected chi connectivity index (χ2v) is 17.3. The maximum Gasteiger partial charge on any atom is 0.251 e. The smallest absolute Gasteiger partial charge is 0.251 e. The summed E-state index contributed by atoms with van der Waals surface area (Å²) in [6, 6.07) is 12.9. The van der Waals surface area contributed by atoms with Crippen molar-refractivity contribution >= 4 is 35.2 Å². The van der Waals surface area contributed by atoms with E-state index in [1.165, 1.54) is 4.90 Å². The van der Waals surface area contributed by atoms with Gasteiger partial charge in [-0.2, -0.15) is 0 Å². The SMILES string of the molecule is CC[C@H](C)[C@@H]([C@H](O)CC(=O)N1CCC[C@H]1[C@H](O)[C@@H](C)C(=O)N[C@H](CNC(=O)c1ccc(N)cc1)Cc1ccccc1)N(C)C(=O)[C@@H](NC(=O)[C@H](C(C)C)N(C)C)C(C)C. The zero-order valence-corrected chi connectivity index (χ0v) is 36.9. The number of nitrogens with two attached hydrogens (primary N) is 1. The topological polar surface area (TPSA) is 198 Å². The van der Waals surface area contributed by atoms with Crippen LogP contribution in [0.3, 0.4) is 0 Å². The van der Waals surface area contributed by atoms with Gasteiger partial charge in [-0.25, -0.2) is 0 Å². The fourth-order valence-electron chi connectivity index (χ4n) is 8.23. The minimum absolute atomic E-state index is 0.00826. The molecule has 7 N–H and O–H groups in total. The number of rotatable bonds is 21. The van der Waals surface area contributed by atoms with Gasteiger partial charge in [0.2, 0.25) is 23.6 Å². The highest BCUT2D eigenvalue weighted by Gasteiger charge is 2.42. The van der Waals surface area contributed by atoms with Gasteiger partial charge < -0.3 is 41.7 Å². The van der Waals surface area contributed by atoms with Gasteiger partial charge >= 0.3 is 0 Å². The maximum atomic E-state index is 14.1. The zero-order chi connectivity index (χ0) is 44.1. The maximum absolute atomic E-state index is 14.1. The van der Waals surface area contributed by atoms with Crippen LogP contribution < -0.4 is 21.7 Å². The summed E-state index contributed by atoms with van der Waals surface area (Å²) in [7, 11) is 5.26. The number of amides is 5. The molecule has 328 valence electrons. The fraction of sp³-hybridized carbons (Fsp3) is 0.622. The van der Waals surface area contributed by atoms with Gasteiger partial charge in [0.1, 0.15) is 6.04 Å². The number of nitrogens with one attached hydrogen (secondary N) is 3. The van der Waals surface area contributed by atoms with Crippen molar-refractivity contribution in [2.45, 2.75) is 123 Å². The van der Waals surface area contributed by atoms with E-state index in [1.807, 2.05) is 90.9 Å². The minimum Gasteiger partial charge on any atom is -0.399 e. The van der Waals surface area contributed by atoms with Crippen LogP contribution in [-0.2, 0) is 25.6 Å². The standard InChI is InChI=1S/C45H71N7O7/c1-11-29(6)40(51(10)45(59)38(27(2)3)49-44(58)39(28(4)5)50(8)9)36(53)25-37(54)52-23-15-18-35(52)41(55)30(7)42(56)48-34(24-31-16-13-12-14-17-31)26-47-43(57)32-19-21-33(46)22-20-32/h12-14,16-17,19-22,27-30,34-36,38-41,53,55H,11,15,18,23-26,46H2,1-10H3,(H,47,57)(H,48,56)(H,49,58)/t29-,30+,34-,35-,36+,38-,39-,40-,41+/m0/s1. The number of benzene rings is 2. The molecule has 3 rings (SSSR count). The van der Waals surface area contributed by atoms with E-state index in [0.717, 1.165) is 5.56 Å². The lowest BCUT2D eigenvalue weighted by atomic mass is 9.89. The lowest BCUT2D eigenvalue weighted by Gasteiger charge is -2.40. The zero-order valence-electron chi connectivity index (χ0n) is 36.9. The second-order valence-electron chi connectivity index (χ2n) is 17.3. The number of anilines is 1. The van der Waals surface area contributed by atoms with Crippen LogP contribution >= 0.6 is 0 Å². The lowest BCUT2D eigenvalue weighted by Crippen LogP contribution is -2.59. The third kappa shape index (κ3) is 13.5. The normalized spacial score (nSPS) is 18.4. The first kappa shape index (κ1) is 48.8. The van der Waals surface area contributed by atoms with E-state index in [2.05, 4.69) is 16.0 Å². The molecule has 1 aliphatic heterocycles. The number of hydrogen-bond donors (Lipinski definition) is 6. The third-order valence-electron chi connectivity index (χ3n) is 11.8. The number of carbonyl (C=O) groups is 5. The van der Waals surface area contributed by atoms with E-state index >= 15 is 0 Å². The van der Waals surface area contributed by atoms with Crippen LogP contribution in [0.2, 0.25) is 0 Å². The van der Waals surface area contributed by atoms with Crippen LogP contribution in [0.5, 0.6) is 0 Å². The molecule has 0 radical (unpaired) electrons. The molecule has 0 aliphatic carbocycles. The molecule has 9 atom stereocenters. The molecule has 0 spiro atoms. The number of likely N-dealkylation sites (N-methyl/N-ethyl adjacent to an activating group) is 2. The Morgan fingerprint density at radius 3 is 2.05 bits per heavy atom. The Morgan fingerprint density at radius 2 is 1.49 bits per heavy atom. The summed E-state index contributed by atoms with van der Waals surface area (Å²) in [5.74, 6) is -3.06. The molecule has 2 aromatic rings. The molecule has 0 unspecified atom stereocenters.